The Morgan fingerprint density at radius 2 is 1.09 bits per heavy atom. The molecule has 2 rings (SSSR count). The van der Waals surface area contributed by atoms with Gasteiger partial charge in [-0.15, -0.1) is 0 Å². The van der Waals surface area contributed by atoms with Gasteiger partial charge in [0.1, 0.15) is 24.9 Å². The molecule has 0 fully saturated rings. The van der Waals surface area contributed by atoms with E-state index in [0.717, 1.165) is 11.1 Å². The van der Waals surface area contributed by atoms with E-state index in [1.165, 1.54) is 0 Å². The van der Waals surface area contributed by atoms with Gasteiger partial charge < -0.3 is 53.8 Å². The summed E-state index contributed by atoms with van der Waals surface area (Å²) in [4.78, 5) is 48.5. The van der Waals surface area contributed by atoms with Crippen LogP contribution in [0, 0.1) is 0 Å². The van der Waals surface area contributed by atoms with E-state index >= 15 is 0 Å². The first-order chi connectivity index (χ1) is 31.5. The smallest absolute Gasteiger partial charge is 0.463 e. The molecular weight excluding hydrogens is 881 g/mol. The number of carbonyl (C=O) groups excluding carboxylic acids is 4. The van der Waals surface area contributed by atoms with E-state index in [1.807, 2.05) is 69.3 Å². The molecule has 2 aromatic rings. The molecule has 0 saturated heterocycles. The zero-order valence-electron chi connectivity index (χ0n) is 39.7. The fourth-order valence-corrected chi connectivity index (χ4v) is 6.52. The van der Waals surface area contributed by atoms with Gasteiger partial charge >= 0.3 is 26.0 Å². The van der Waals surface area contributed by atoms with Crippen LogP contribution >= 0.6 is 7.82 Å². The van der Waals surface area contributed by atoms with Crippen molar-refractivity contribution in [2.45, 2.75) is 104 Å². The maximum absolute atomic E-state index is 13.8. The Labute approximate surface area is 390 Å². The van der Waals surface area contributed by atoms with E-state index in [-0.39, 0.29) is 71.5 Å². The number of phosphoric acid groups is 1. The molecule has 19 nitrogen and oxygen atoms in total. The number of ether oxygens (including phenoxy) is 8. The van der Waals surface area contributed by atoms with Crippen LogP contribution in [-0.2, 0) is 78.8 Å². The van der Waals surface area contributed by atoms with Gasteiger partial charge in [-0.05, 0) is 65.5 Å². The van der Waals surface area contributed by atoms with Crippen LogP contribution in [0.4, 0.5) is 9.59 Å². The molecule has 0 heterocycles. The van der Waals surface area contributed by atoms with Crippen LogP contribution in [0.5, 0.6) is 0 Å². The minimum Gasteiger partial charge on any atom is -0.463 e. The highest BCUT2D eigenvalue weighted by molar-refractivity contribution is 7.48. The van der Waals surface area contributed by atoms with Gasteiger partial charge in [-0.3, -0.25) is 23.2 Å². The third-order valence-corrected chi connectivity index (χ3v) is 9.73. The van der Waals surface area contributed by atoms with Gasteiger partial charge in [-0.1, -0.05) is 67.1 Å². The van der Waals surface area contributed by atoms with Crippen molar-refractivity contribution in [2.75, 3.05) is 92.3 Å². The Hall–Kier alpha value is -4.17. The number of hydrogen-bond acceptors (Lipinski definition) is 16. The second-order valence-corrected chi connectivity index (χ2v) is 18.3. The second-order valence-electron chi connectivity index (χ2n) is 16.6. The molecule has 0 bridgehead atoms. The third kappa shape index (κ3) is 33.3. The highest BCUT2D eigenvalue weighted by atomic mass is 31.2. The number of alkyl carbamates (subject to hydrolysis) is 2. The molecule has 2 atom stereocenters. The lowest BCUT2D eigenvalue weighted by Crippen LogP contribution is -2.35. The standard InChI is InChI=1S/C46H74N3O16P/c1-45(2,3)64-40(36-59-42(51)20-14-9-15-22-48-44(53)65-46(4,5)6)37-63-66(54,62-35-39-18-12-8-13-19-39)61-27-24-47-41(50)21-25-55-28-30-57-32-33-58-31-29-56-26-23-49-43(52)60-34-38-16-10-7-11-17-38/h7-8,10-13,16-19,40H,9,14-15,20-37H2,1-6H3,(H,47,50)(H,48,53)(H,49,52). The lowest BCUT2D eigenvalue weighted by Gasteiger charge is -2.28. The Kier molecular flexibility index (Phi) is 30.0. The number of rotatable bonds is 36. The van der Waals surface area contributed by atoms with Crippen LogP contribution in [0.25, 0.3) is 0 Å². The molecule has 0 aliphatic carbocycles. The van der Waals surface area contributed by atoms with Crippen LogP contribution in [0.1, 0.15) is 84.8 Å². The average Bonchev–Trinajstić information content (AvgIpc) is 3.27. The first kappa shape index (κ1) is 58.0. The van der Waals surface area contributed by atoms with Gasteiger partial charge in [-0.2, -0.15) is 0 Å². The van der Waals surface area contributed by atoms with Crippen molar-refractivity contribution in [1.82, 2.24) is 16.0 Å². The van der Waals surface area contributed by atoms with E-state index in [2.05, 4.69) is 16.0 Å². The van der Waals surface area contributed by atoms with Crippen LogP contribution in [0.2, 0.25) is 0 Å². The third-order valence-electron chi connectivity index (χ3n) is 8.32. The number of nitrogens with one attached hydrogen (secondary N) is 3. The highest BCUT2D eigenvalue weighted by Gasteiger charge is 2.31. The van der Waals surface area contributed by atoms with Crippen molar-refractivity contribution < 1.29 is 75.2 Å². The van der Waals surface area contributed by atoms with Gasteiger partial charge in [0.05, 0.1) is 78.3 Å². The lowest BCUT2D eigenvalue weighted by atomic mass is 10.2. The fourth-order valence-electron chi connectivity index (χ4n) is 5.33. The molecule has 0 aromatic heterocycles. The number of unbranched alkanes of at least 4 members (excludes halogenated alkanes) is 2. The largest absolute Gasteiger partial charge is 0.475 e. The topological polar surface area (TPSA) is 223 Å². The summed E-state index contributed by atoms with van der Waals surface area (Å²) in [6, 6.07) is 18.5. The molecule has 374 valence electrons. The maximum atomic E-state index is 13.8. The summed E-state index contributed by atoms with van der Waals surface area (Å²) in [6.07, 6.45) is 0.367. The molecule has 0 aliphatic rings. The molecular formula is C46H74N3O16P. The fraction of sp³-hybridized carbons (Fsp3) is 0.652. The van der Waals surface area contributed by atoms with Crippen molar-refractivity contribution in [1.29, 1.82) is 0 Å². The lowest BCUT2D eigenvalue weighted by molar-refractivity contribution is -0.155. The molecule has 66 heavy (non-hydrogen) atoms. The van der Waals surface area contributed by atoms with Gasteiger partial charge in [0.25, 0.3) is 0 Å². The second kappa shape index (κ2) is 34.2. The van der Waals surface area contributed by atoms with Crippen molar-refractivity contribution in [3.8, 4) is 0 Å². The molecule has 3 N–H and O–H groups in total. The summed E-state index contributed by atoms with van der Waals surface area (Å²) < 4.78 is 74.6. The minimum absolute atomic E-state index is 0.0202. The molecule has 0 spiro atoms. The van der Waals surface area contributed by atoms with Crippen LogP contribution in [0.3, 0.4) is 0 Å². The average molecular weight is 956 g/mol. The van der Waals surface area contributed by atoms with E-state index in [0.29, 0.717) is 72.0 Å². The molecule has 0 aliphatic heterocycles. The summed E-state index contributed by atoms with van der Waals surface area (Å²) >= 11 is 0. The SMILES string of the molecule is CC(C)(C)OC(=O)NCCCCCC(=O)OCC(COP(=O)(OCCNC(=O)CCOCCOCCOCCOCCNC(=O)OCc1ccccc1)OCc1ccccc1)OC(C)(C)C. The predicted molar refractivity (Wildman–Crippen MR) is 245 cm³/mol. The van der Waals surface area contributed by atoms with E-state index < -0.39 is 43.3 Å². The normalized spacial score (nSPS) is 13.0. The van der Waals surface area contributed by atoms with Gasteiger partial charge in [-0.25, -0.2) is 14.2 Å². The first-order valence-electron chi connectivity index (χ1n) is 22.4. The number of esters is 1. The van der Waals surface area contributed by atoms with E-state index in [9.17, 15) is 23.7 Å². The van der Waals surface area contributed by atoms with Gasteiger partial charge in [0.15, 0.2) is 0 Å². The zero-order chi connectivity index (χ0) is 48.4. The summed E-state index contributed by atoms with van der Waals surface area (Å²) in [5.41, 5.74) is 0.407. The minimum atomic E-state index is -4.20. The van der Waals surface area contributed by atoms with Crippen molar-refractivity contribution in [2.24, 2.45) is 0 Å². The zero-order valence-corrected chi connectivity index (χ0v) is 40.6. The number of phosphoric ester groups is 1. The summed E-state index contributed by atoms with van der Waals surface area (Å²) in [5, 5.41) is 8.02. The quantitative estimate of drug-likeness (QED) is 0.0281. The molecule has 0 radical (unpaired) electrons. The molecule has 2 aromatic carbocycles. The van der Waals surface area contributed by atoms with E-state index in [1.54, 1.807) is 32.9 Å². The molecule has 2 unspecified atom stereocenters. The first-order valence-corrected chi connectivity index (χ1v) is 23.9. The maximum Gasteiger partial charge on any atom is 0.475 e. The summed E-state index contributed by atoms with van der Waals surface area (Å²) in [5.74, 6) is -0.733. The van der Waals surface area contributed by atoms with Crippen LogP contribution in [-0.4, -0.2) is 134 Å². The number of hydrogen-bond donors (Lipinski definition) is 3. The molecule has 0 saturated carbocycles. The van der Waals surface area contributed by atoms with Crippen molar-refractivity contribution >= 4 is 31.9 Å². The number of benzene rings is 2. The van der Waals surface area contributed by atoms with Gasteiger partial charge in [0, 0.05) is 32.5 Å². The van der Waals surface area contributed by atoms with Crippen molar-refractivity contribution in [3.05, 3.63) is 71.8 Å². The van der Waals surface area contributed by atoms with Crippen LogP contribution in [0.15, 0.2) is 60.7 Å². The number of carbonyl (C=O) groups is 4. The molecule has 3 amide bonds. The Balaban J connectivity index is 1.60. The van der Waals surface area contributed by atoms with Crippen molar-refractivity contribution in [3.63, 3.8) is 0 Å². The monoisotopic (exact) mass is 955 g/mol. The molecule has 20 heteroatoms. The highest BCUT2D eigenvalue weighted by Crippen LogP contribution is 2.50. The summed E-state index contributed by atoms with van der Waals surface area (Å²) in [6.45, 7) is 13.7. The Morgan fingerprint density at radius 3 is 1.70 bits per heavy atom. The summed E-state index contributed by atoms with van der Waals surface area (Å²) in [7, 11) is -4.20. The number of amides is 3. The Morgan fingerprint density at radius 1 is 0.530 bits per heavy atom. The van der Waals surface area contributed by atoms with Gasteiger partial charge in [0.2, 0.25) is 5.91 Å². The Bertz CT molecular complexity index is 1660. The predicted octanol–water partition coefficient (Wildman–Crippen LogP) is 6.66. The van der Waals surface area contributed by atoms with E-state index in [4.69, 9.17) is 51.5 Å². The van der Waals surface area contributed by atoms with Crippen LogP contribution < -0.4 is 16.0 Å².